The van der Waals surface area contributed by atoms with Crippen LogP contribution in [0.5, 0.6) is 0 Å². The van der Waals surface area contributed by atoms with Gasteiger partial charge in [0.1, 0.15) is 6.67 Å². The Hall–Kier alpha value is -0.680. The highest BCUT2D eigenvalue weighted by Gasteiger charge is 2.36. The lowest BCUT2D eigenvalue weighted by Crippen LogP contribution is -2.55. The lowest BCUT2D eigenvalue weighted by atomic mass is 9.99. The molecule has 5 heteroatoms. The van der Waals surface area contributed by atoms with E-state index in [2.05, 4.69) is 0 Å². The van der Waals surface area contributed by atoms with Crippen LogP contribution in [-0.2, 0) is 9.53 Å². The quantitative estimate of drug-likeness (QED) is 0.655. The Kier molecular flexibility index (Phi) is 3.83. The van der Waals surface area contributed by atoms with Crippen molar-refractivity contribution in [3.05, 3.63) is 0 Å². The van der Waals surface area contributed by atoms with E-state index in [0.717, 1.165) is 0 Å². The van der Waals surface area contributed by atoms with Crippen LogP contribution in [-0.4, -0.2) is 54.5 Å². The molecule has 1 aliphatic rings. The molecule has 1 saturated heterocycles. The number of halogens is 1. The number of aliphatic hydroxyl groups excluding tert-OH is 1. The van der Waals surface area contributed by atoms with Crippen molar-refractivity contribution in [2.75, 3.05) is 26.4 Å². The maximum Gasteiger partial charge on any atom is 0.210 e. The Labute approximate surface area is 82.6 Å². The molecule has 14 heavy (non-hydrogen) atoms. The maximum atomic E-state index is 12.4. The minimum Gasteiger partial charge on any atom is -0.396 e. The molecule has 4 nitrogen and oxygen atoms in total. The fraction of sp³-hybridized carbons (Fsp3) is 0.889. The Morgan fingerprint density at radius 1 is 1.79 bits per heavy atom. The van der Waals surface area contributed by atoms with E-state index < -0.39 is 18.3 Å². The first-order chi connectivity index (χ1) is 6.65. The molecule has 0 aromatic carbocycles. The predicted octanol–water partition coefficient (Wildman–Crippen LogP) is -0.0458. The molecule has 1 aliphatic heterocycles. The summed E-state index contributed by atoms with van der Waals surface area (Å²) in [5, 5.41) is 8.80. The number of ether oxygens (including phenoxy) is 1. The van der Waals surface area contributed by atoms with Crippen LogP contribution in [0, 0.1) is 0 Å². The lowest BCUT2D eigenvalue weighted by molar-refractivity contribution is -0.152. The molecule has 1 fully saturated rings. The van der Waals surface area contributed by atoms with E-state index >= 15 is 0 Å². The molecular weight excluding hydrogens is 189 g/mol. The van der Waals surface area contributed by atoms with Crippen LogP contribution in [0.25, 0.3) is 0 Å². The van der Waals surface area contributed by atoms with Crippen LogP contribution >= 0.6 is 0 Å². The maximum absolute atomic E-state index is 12.4. The zero-order chi connectivity index (χ0) is 10.6. The minimum absolute atomic E-state index is 0.00346. The van der Waals surface area contributed by atoms with E-state index in [9.17, 15) is 9.18 Å². The molecule has 1 rings (SSSR count). The minimum atomic E-state index is -0.589. The van der Waals surface area contributed by atoms with Gasteiger partial charge in [-0.1, -0.05) is 0 Å². The summed E-state index contributed by atoms with van der Waals surface area (Å²) in [5.41, 5.74) is -0.540. The van der Waals surface area contributed by atoms with Crippen molar-refractivity contribution < 1.29 is 19.0 Å². The van der Waals surface area contributed by atoms with Crippen molar-refractivity contribution in [1.29, 1.82) is 0 Å². The molecule has 0 spiro atoms. The molecule has 1 heterocycles. The van der Waals surface area contributed by atoms with Gasteiger partial charge in [-0.25, -0.2) is 4.39 Å². The number of aliphatic hydroxyl groups is 1. The molecule has 0 radical (unpaired) electrons. The summed E-state index contributed by atoms with van der Waals surface area (Å²) in [6.45, 7) is 1.77. The summed E-state index contributed by atoms with van der Waals surface area (Å²) < 4.78 is 17.9. The van der Waals surface area contributed by atoms with Gasteiger partial charge in [0.2, 0.25) is 6.41 Å². The van der Waals surface area contributed by atoms with Crippen molar-refractivity contribution in [2.45, 2.75) is 25.0 Å². The molecule has 0 aromatic heterocycles. The molecule has 2 atom stereocenters. The molecule has 1 N–H and O–H groups in total. The van der Waals surface area contributed by atoms with Gasteiger partial charge in [-0.05, 0) is 6.92 Å². The number of carbonyl (C=O) groups excluding carboxylic acids is 1. The van der Waals surface area contributed by atoms with Gasteiger partial charge in [0.05, 0.1) is 18.2 Å². The highest BCUT2D eigenvalue weighted by Crippen LogP contribution is 2.23. The van der Waals surface area contributed by atoms with Gasteiger partial charge >= 0.3 is 0 Å². The number of hydrogen-bond acceptors (Lipinski definition) is 3. The topological polar surface area (TPSA) is 49.8 Å². The molecule has 82 valence electrons. The zero-order valence-electron chi connectivity index (χ0n) is 8.28. The van der Waals surface area contributed by atoms with Crippen LogP contribution in [0.3, 0.4) is 0 Å². The molecule has 0 aliphatic carbocycles. The first-order valence-corrected chi connectivity index (χ1v) is 4.67. The van der Waals surface area contributed by atoms with E-state index in [1.54, 1.807) is 0 Å². The summed E-state index contributed by atoms with van der Waals surface area (Å²) in [5.74, 6) is 0. The van der Waals surface area contributed by atoms with Crippen LogP contribution in [0.15, 0.2) is 0 Å². The highest BCUT2D eigenvalue weighted by molar-refractivity contribution is 5.48. The second-order valence-electron chi connectivity index (χ2n) is 3.82. The van der Waals surface area contributed by atoms with Crippen molar-refractivity contribution in [2.24, 2.45) is 0 Å². The Balaban J connectivity index is 2.59. The van der Waals surface area contributed by atoms with E-state index in [0.29, 0.717) is 19.4 Å². The molecule has 0 bridgehead atoms. The smallest absolute Gasteiger partial charge is 0.210 e. The molecule has 0 aromatic rings. The number of rotatable bonds is 4. The van der Waals surface area contributed by atoms with Crippen molar-refractivity contribution in [1.82, 2.24) is 4.90 Å². The normalized spacial score (nSPS) is 33.1. The van der Waals surface area contributed by atoms with Gasteiger partial charge in [0.25, 0.3) is 0 Å². The van der Waals surface area contributed by atoms with Gasteiger partial charge in [-0.15, -0.1) is 0 Å². The van der Waals surface area contributed by atoms with Crippen LogP contribution in [0.1, 0.15) is 13.3 Å². The van der Waals surface area contributed by atoms with Crippen molar-refractivity contribution in [3.63, 3.8) is 0 Å². The zero-order valence-corrected chi connectivity index (χ0v) is 8.28. The SMILES string of the molecule is CC1(CCO)CN(C=O)C(CF)CO1. The Bertz CT molecular complexity index is 202. The predicted molar refractivity (Wildman–Crippen MR) is 48.6 cm³/mol. The first kappa shape index (κ1) is 11.4. The van der Waals surface area contributed by atoms with E-state index in [-0.39, 0.29) is 13.2 Å². The molecule has 1 amide bonds. The van der Waals surface area contributed by atoms with E-state index in [4.69, 9.17) is 9.84 Å². The fourth-order valence-electron chi connectivity index (χ4n) is 1.60. The van der Waals surface area contributed by atoms with Crippen molar-refractivity contribution >= 4 is 6.41 Å². The number of amides is 1. The van der Waals surface area contributed by atoms with Gasteiger partial charge < -0.3 is 14.7 Å². The molecule has 2 unspecified atom stereocenters. The summed E-state index contributed by atoms with van der Waals surface area (Å²) in [7, 11) is 0. The Morgan fingerprint density at radius 2 is 2.50 bits per heavy atom. The largest absolute Gasteiger partial charge is 0.396 e. The molecule has 0 saturated carbocycles. The summed E-state index contributed by atoms with van der Waals surface area (Å²) >= 11 is 0. The third kappa shape index (κ3) is 2.42. The second-order valence-corrected chi connectivity index (χ2v) is 3.82. The monoisotopic (exact) mass is 205 g/mol. The standard InChI is InChI=1S/C9H16FNO3/c1-9(2-3-12)6-11(7-13)8(4-10)5-14-9/h7-8,12H,2-6H2,1H3. The second kappa shape index (κ2) is 4.70. The number of alkyl halides is 1. The number of nitrogens with zero attached hydrogens (tertiary/aromatic N) is 1. The van der Waals surface area contributed by atoms with Gasteiger partial charge in [0.15, 0.2) is 0 Å². The van der Waals surface area contributed by atoms with Gasteiger partial charge in [-0.2, -0.15) is 0 Å². The third-order valence-corrected chi connectivity index (χ3v) is 2.56. The van der Waals surface area contributed by atoms with Gasteiger partial charge in [-0.3, -0.25) is 4.79 Å². The lowest BCUT2D eigenvalue weighted by Gasteiger charge is -2.42. The molecular formula is C9H16FNO3. The third-order valence-electron chi connectivity index (χ3n) is 2.56. The first-order valence-electron chi connectivity index (χ1n) is 4.67. The highest BCUT2D eigenvalue weighted by atomic mass is 19.1. The van der Waals surface area contributed by atoms with E-state index in [1.807, 2.05) is 6.92 Å². The fourth-order valence-corrected chi connectivity index (χ4v) is 1.60. The van der Waals surface area contributed by atoms with Crippen LogP contribution in [0.4, 0.5) is 4.39 Å². The summed E-state index contributed by atoms with van der Waals surface area (Å²) in [4.78, 5) is 12.1. The Morgan fingerprint density at radius 3 is 3.00 bits per heavy atom. The summed E-state index contributed by atoms with van der Waals surface area (Å²) in [6, 6.07) is -0.473. The van der Waals surface area contributed by atoms with Gasteiger partial charge in [0, 0.05) is 19.6 Å². The number of morpholine rings is 1. The van der Waals surface area contributed by atoms with Crippen LogP contribution < -0.4 is 0 Å². The van der Waals surface area contributed by atoms with Crippen molar-refractivity contribution in [3.8, 4) is 0 Å². The average molecular weight is 205 g/mol. The van der Waals surface area contributed by atoms with Crippen LogP contribution in [0.2, 0.25) is 0 Å². The number of hydrogen-bond donors (Lipinski definition) is 1. The number of carbonyl (C=O) groups is 1. The van der Waals surface area contributed by atoms with E-state index in [1.165, 1.54) is 4.90 Å². The summed E-state index contributed by atoms with van der Waals surface area (Å²) in [6.07, 6.45) is 1.10. The average Bonchev–Trinajstić information content (AvgIpc) is 2.18.